The summed E-state index contributed by atoms with van der Waals surface area (Å²) in [6.07, 6.45) is 2.65. The Morgan fingerprint density at radius 1 is 1.35 bits per heavy atom. The van der Waals surface area contributed by atoms with Gasteiger partial charge in [-0.1, -0.05) is 13.8 Å². The molecular formula is C12H26N2O3. The number of nitrogens with one attached hydrogen (secondary N) is 2. The Bertz CT molecular complexity index is 218. The number of carbonyl (C=O) groups is 1. The minimum absolute atomic E-state index is 0.0264. The van der Waals surface area contributed by atoms with Crippen LogP contribution in [-0.4, -0.2) is 41.0 Å². The predicted molar refractivity (Wildman–Crippen MR) is 67.8 cm³/mol. The zero-order chi connectivity index (χ0) is 13.3. The van der Waals surface area contributed by atoms with Gasteiger partial charge >= 0.3 is 6.03 Å². The van der Waals surface area contributed by atoms with Crippen molar-refractivity contribution in [3.8, 4) is 0 Å². The first kappa shape index (κ1) is 16.2. The smallest absolute Gasteiger partial charge is 0.315 e. The lowest BCUT2D eigenvalue weighted by Crippen LogP contribution is -2.47. The van der Waals surface area contributed by atoms with Gasteiger partial charge in [-0.05, 0) is 32.6 Å². The highest BCUT2D eigenvalue weighted by Crippen LogP contribution is 2.12. The lowest BCUT2D eigenvalue weighted by Gasteiger charge is -2.26. The molecule has 0 heterocycles. The molecule has 0 aromatic rings. The Hall–Kier alpha value is -0.810. The van der Waals surface area contributed by atoms with Crippen molar-refractivity contribution in [3.05, 3.63) is 0 Å². The molecule has 0 aliphatic carbocycles. The first-order valence-electron chi connectivity index (χ1n) is 6.35. The van der Waals surface area contributed by atoms with E-state index in [0.29, 0.717) is 19.3 Å². The Balaban J connectivity index is 3.86. The second-order valence-electron chi connectivity index (χ2n) is 4.53. The van der Waals surface area contributed by atoms with Gasteiger partial charge in [0.05, 0.1) is 5.60 Å². The first-order chi connectivity index (χ1) is 7.97. The Morgan fingerprint density at radius 3 is 2.41 bits per heavy atom. The maximum atomic E-state index is 11.5. The van der Waals surface area contributed by atoms with Gasteiger partial charge in [-0.15, -0.1) is 0 Å². The van der Waals surface area contributed by atoms with E-state index in [4.69, 9.17) is 5.11 Å². The molecule has 0 bridgehead atoms. The van der Waals surface area contributed by atoms with Gasteiger partial charge in [-0.25, -0.2) is 4.79 Å². The molecule has 0 saturated heterocycles. The number of rotatable bonds is 8. The van der Waals surface area contributed by atoms with Crippen molar-refractivity contribution in [2.45, 2.75) is 58.1 Å². The molecule has 2 amide bonds. The molecule has 17 heavy (non-hydrogen) atoms. The standard InChI is InChI=1S/C12H26N2O3/c1-4-12(17,5-2)9-13-11(16)14-10(3)7-6-8-15/h10,15,17H,4-9H2,1-3H3,(H2,13,14,16). The van der Waals surface area contributed by atoms with Crippen molar-refractivity contribution in [1.82, 2.24) is 10.6 Å². The highest BCUT2D eigenvalue weighted by Gasteiger charge is 2.22. The number of carbonyl (C=O) groups excluding carboxylic acids is 1. The summed E-state index contributed by atoms with van der Waals surface area (Å²) < 4.78 is 0. The van der Waals surface area contributed by atoms with E-state index in [1.165, 1.54) is 0 Å². The van der Waals surface area contributed by atoms with Crippen LogP contribution in [-0.2, 0) is 0 Å². The average Bonchev–Trinajstić information content (AvgIpc) is 2.33. The summed E-state index contributed by atoms with van der Waals surface area (Å²) in [5.74, 6) is 0. The molecule has 102 valence electrons. The summed E-state index contributed by atoms with van der Waals surface area (Å²) >= 11 is 0. The van der Waals surface area contributed by atoms with Crippen molar-refractivity contribution >= 4 is 6.03 Å². The van der Waals surface area contributed by atoms with Gasteiger partial charge in [0, 0.05) is 19.2 Å². The van der Waals surface area contributed by atoms with Crippen LogP contribution in [0, 0.1) is 0 Å². The Kier molecular flexibility index (Phi) is 7.91. The van der Waals surface area contributed by atoms with E-state index < -0.39 is 5.60 Å². The van der Waals surface area contributed by atoms with E-state index >= 15 is 0 Å². The van der Waals surface area contributed by atoms with Crippen LogP contribution in [0.25, 0.3) is 0 Å². The van der Waals surface area contributed by atoms with Gasteiger partial charge < -0.3 is 20.8 Å². The molecule has 5 nitrogen and oxygen atoms in total. The summed E-state index contributed by atoms with van der Waals surface area (Å²) in [5, 5.41) is 24.1. The number of aliphatic hydroxyl groups is 2. The molecular weight excluding hydrogens is 220 g/mol. The summed E-state index contributed by atoms with van der Waals surface area (Å²) in [6.45, 7) is 6.08. The molecule has 0 rings (SSSR count). The molecule has 0 aliphatic rings. The largest absolute Gasteiger partial charge is 0.396 e. The van der Waals surface area contributed by atoms with Crippen LogP contribution in [0.3, 0.4) is 0 Å². The molecule has 1 atom stereocenters. The molecule has 1 unspecified atom stereocenters. The van der Waals surface area contributed by atoms with Crippen molar-refractivity contribution in [3.63, 3.8) is 0 Å². The quantitative estimate of drug-likeness (QED) is 0.515. The summed E-state index contributed by atoms with van der Waals surface area (Å²) in [5.41, 5.74) is -0.814. The van der Waals surface area contributed by atoms with E-state index in [-0.39, 0.29) is 25.2 Å². The predicted octanol–water partition coefficient (Wildman–Crippen LogP) is 0.998. The zero-order valence-electron chi connectivity index (χ0n) is 11.1. The number of hydrogen-bond donors (Lipinski definition) is 4. The fourth-order valence-corrected chi connectivity index (χ4v) is 1.49. The highest BCUT2D eigenvalue weighted by molar-refractivity contribution is 5.74. The number of amides is 2. The van der Waals surface area contributed by atoms with Crippen LogP contribution in [0.15, 0.2) is 0 Å². The van der Waals surface area contributed by atoms with Gasteiger partial charge in [0.1, 0.15) is 0 Å². The maximum absolute atomic E-state index is 11.5. The monoisotopic (exact) mass is 246 g/mol. The molecule has 0 aromatic heterocycles. The Labute approximate surface area is 104 Å². The third kappa shape index (κ3) is 7.18. The lowest BCUT2D eigenvalue weighted by atomic mass is 9.98. The van der Waals surface area contributed by atoms with Crippen LogP contribution >= 0.6 is 0 Å². The number of urea groups is 1. The van der Waals surface area contributed by atoms with Gasteiger partial charge in [0.15, 0.2) is 0 Å². The second-order valence-corrected chi connectivity index (χ2v) is 4.53. The SMILES string of the molecule is CCC(O)(CC)CNC(=O)NC(C)CCCO. The fourth-order valence-electron chi connectivity index (χ4n) is 1.49. The molecule has 0 fully saturated rings. The van der Waals surface area contributed by atoms with E-state index in [9.17, 15) is 9.90 Å². The topological polar surface area (TPSA) is 81.6 Å². The summed E-state index contributed by atoms with van der Waals surface area (Å²) in [7, 11) is 0. The zero-order valence-corrected chi connectivity index (χ0v) is 11.1. The molecule has 0 radical (unpaired) electrons. The van der Waals surface area contributed by atoms with Crippen LogP contribution in [0.1, 0.15) is 46.5 Å². The Morgan fingerprint density at radius 2 is 1.94 bits per heavy atom. The van der Waals surface area contributed by atoms with Crippen molar-refractivity contribution in [1.29, 1.82) is 0 Å². The maximum Gasteiger partial charge on any atom is 0.315 e. The van der Waals surface area contributed by atoms with E-state index in [1.54, 1.807) is 0 Å². The third-order valence-electron chi connectivity index (χ3n) is 3.07. The van der Waals surface area contributed by atoms with Crippen LogP contribution < -0.4 is 10.6 Å². The molecule has 0 aromatic carbocycles. The minimum Gasteiger partial charge on any atom is -0.396 e. The van der Waals surface area contributed by atoms with Gasteiger partial charge in [-0.3, -0.25) is 0 Å². The van der Waals surface area contributed by atoms with Gasteiger partial charge in [0.25, 0.3) is 0 Å². The van der Waals surface area contributed by atoms with Gasteiger partial charge in [-0.2, -0.15) is 0 Å². The molecule has 4 N–H and O–H groups in total. The van der Waals surface area contributed by atoms with Crippen LogP contribution in [0.4, 0.5) is 4.79 Å². The first-order valence-corrected chi connectivity index (χ1v) is 6.35. The highest BCUT2D eigenvalue weighted by atomic mass is 16.3. The van der Waals surface area contributed by atoms with Gasteiger partial charge in [0.2, 0.25) is 0 Å². The number of hydrogen-bond acceptors (Lipinski definition) is 3. The lowest BCUT2D eigenvalue weighted by molar-refractivity contribution is 0.0348. The van der Waals surface area contributed by atoms with E-state index in [0.717, 1.165) is 6.42 Å². The van der Waals surface area contributed by atoms with Crippen LogP contribution in [0.2, 0.25) is 0 Å². The molecule has 0 saturated carbocycles. The van der Waals surface area contributed by atoms with Crippen molar-refractivity contribution in [2.24, 2.45) is 0 Å². The molecule has 5 heteroatoms. The van der Waals surface area contributed by atoms with Crippen molar-refractivity contribution < 1.29 is 15.0 Å². The summed E-state index contributed by atoms with van der Waals surface area (Å²) in [4.78, 5) is 11.5. The van der Waals surface area contributed by atoms with E-state index in [2.05, 4.69) is 10.6 Å². The second kappa shape index (κ2) is 8.31. The minimum atomic E-state index is -0.814. The number of aliphatic hydroxyl groups excluding tert-OH is 1. The molecule has 0 aliphatic heterocycles. The fraction of sp³-hybridized carbons (Fsp3) is 0.917. The van der Waals surface area contributed by atoms with E-state index in [1.807, 2.05) is 20.8 Å². The summed E-state index contributed by atoms with van der Waals surface area (Å²) in [6, 6.07) is -0.241. The normalized spacial score (nSPS) is 13.2. The third-order valence-corrected chi connectivity index (χ3v) is 3.07. The molecule has 0 spiro atoms. The average molecular weight is 246 g/mol. The van der Waals surface area contributed by atoms with Crippen LogP contribution in [0.5, 0.6) is 0 Å². The van der Waals surface area contributed by atoms with Crippen molar-refractivity contribution in [2.75, 3.05) is 13.2 Å².